The van der Waals surface area contributed by atoms with E-state index in [9.17, 15) is 23.5 Å². The van der Waals surface area contributed by atoms with Crippen molar-refractivity contribution >= 4 is 22.7 Å². The summed E-state index contributed by atoms with van der Waals surface area (Å²) in [6.07, 6.45) is 0.746. The van der Waals surface area contributed by atoms with Crippen molar-refractivity contribution in [1.29, 1.82) is 0 Å². The van der Waals surface area contributed by atoms with Crippen molar-refractivity contribution in [2.75, 3.05) is 6.54 Å². The first-order chi connectivity index (χ1) is 19.7. The van der Waals surface area contributed by atoms with Crippen LogP contribution in [0, 0.1) is 11.7 Å². The van der Waals surface area contributed by atoms with Crippen molar-refractivity contribution in [1.82, 2.24) is 30.2 Å². The van der Waals surface area contributed by atoms with E-state index in [4.69, 9.17) is 5.73 Å². The van der Waals surface area contributed by atoms with Crippen LogP contribution >= 0.6 is 0 Å². The number of amides is 2. The lowest BCUT2D eigenvalue weighted by Gasteiger charge is -2.27. The zero-order valence-corrected chi connectivity index (χ0v) is 22.2. The number of aromatic nitrogens is 4. The minimum absolute atomic E-state index is 0.0144. The van der Waals surface area contributed by atoms with Crippen molar-refractivity contribution < 1.29 is 23.5 Å². The second kappa shape index (κ2) is 10.3. The Balaban J connectivity index is 1.25. The van der Waals surface area contributed by atoms with Crippen LogP contribution in [0.4, 0.5) is 8.78 Å². The molecule has 12 heteroatoms. The number of halogens is 2. The van der Waals surface area contributed by atoms with Crippen LogP contribution in [0.25, 0.3) is 22.0 Å². The van der Waals surface area contributed by atoms with Crippen LogP contribution in [0.15, 0.2) is 60.9 Å². The van der Waals surface area contributed by atoms with Crippen LogP contribution in [0.2, 0.25) is 0 Å². The number of carbonyl (C=O) groups excluding carboxylic acids is 2. The van der Waals surface area contributed by atoms with Gasteiger partial charge in [-0.25, -0.2) is 8.78 Å². The summed E-state index contributed by atoms with van der Waals surface area (Å²) in [5.74, 6) is -1.48. The maximum atomic E-state index is 14.6. The highest BCUT2D eigenvalue weighted by molar-refractivity contribution is 5.91. The van der Waals surface area contributed by atoms with Gasteiger partial charge in [0.2, 0.25) is 11.8 Å². The normalized spacial score (nSPS) is 24.4. The van der Waals surface area contributed by atoms with E-state index in [0.29, 0.717) is 22.9 Å². The van der Waals surface area contributed by atoms with Crippen LogP contribution < -0.4 is 11.1 Å². The molecule has 4 N–H and O–H groups in total. The van der Waals surface area contributed by atoms with Crippen LogP contribution in [0.5, 0.6) is 0 Å². The highest BCUT2D eigenvalue weighted by atomic mass is 19.1. The molecule has 6 rings (SSSR count). The summed E-state index contributed by atoms with van der Waals surface area (Å²) < 4.78 is 30.7. The summed E-state index contributed by atoms with van der Waals surface area (Å²) in [5, 5.41) is 25.7. The molecule has 2 amide bonds. The summed E-state index contributed by atoms with van der Waals surface area (Å²) in [6.45, 7) is 1.36. The number of nitrogens with one attached hydrogen (secondary N) is 1. The number of likely N-dealkylation sites (tertiary alicyclic amines) is 1. The largest absolute Gasteiger partial charge is 0.373 e. The van der Waals surface area contributed by atoms with Crippen LogP contribution in [-0.4, -0.2) is 60.6 Å². The number of aliphatic hydroxyl groups excluding tert-OH is 1. The van der Waals surface area contributed by atoms with Crippen LogP contribution in [0.1, 0.15) is 37.3 Å². The van der Waals surface area contributed by atoms with E-state index < -0.39 is 41.6 Å². The minimum atomic E-state index is -1.41. The van der Waals surface area contributed by atoms with Crippen LogP contribution in [-0.2, 0) is 21.7 Å². The fraction of sp³-hybridized carbons (Fsp3) is 0.345. The fourth-order valence-corrected chi connectivity index (χ4v) is 5.88. The number of nitrogens with two attached hydrogens (primary N) is 1. The standard InChI is InChI=1S/C29H29F2N7O3/c1-16-12-29(16,21-4-2-3-5-22(21)31)35-28(41)24-11-19(30)14-37(24)25(39)15-38-23-7-6-17(18-8-9-33-34-13-18)10-20(23)26(36-38)27(32)40/h2-10,13,16,19,24,27,40H,11-12,14-15,32H2,1H3,(H,35,41). The fourth-order valence-electron chi connectivity index (χ4n) is 5.88. The van der Waals surface area contributed by atoms with Gasteiger partial charge in [0.1, 0.15) is 36.5 Å². The average molecular weight is 562 g/mol. The Morgan fingerprint density at radius 1 is 1.20 bits per heavy atom. The molecule has 2 fully saturated rings. The van der Waals surface area contributed by atoms with E-state index in [2.05, 4.69) is 20.6 Å². The Bertz CT molecular complexity index is 1630. The molecule has 2 aliphatic rings. The first kappa shape index (κ1) is 26.9. The number of rotatable bonds is 7. The number of hydrogen-bond acceptors (Lipinski definition) is 7. The number of carbonyl (C=O) groups is 2. The summed E-state index contributed by atoms with van der Waals surface area (Å²) in [7, 11) is 0. The number of aliphatic hydroxyl groups is 1. The molecule has 0 radical (unpaired) electrons. The molecule has 4 aromatic rings. The van der Waals surface area contributed by atoms with E-state index >= 15 is 0 Å². The molecule has 3 heterocycles. The predicted molar refractivity (Wildman–Crippen MR) is 145 cm³/mol. The molecule has 41 heavy (non-hydrogen) atoms. The molecule has 5 unspecified atom stereocenters. The molecular formula is C29H29F2N7O3. The molecule has 2 aromatic heterocycles. The smallest absolute Gasteiger partial charge is 0.245 e. The number of benzene rings is 2. The zero-order valence-electron chi connectivity index (χ0n) is 22.2. The van der Waals surface area contributed by atoms with E-state index in [0.717, 1.165) is 11.1 Å². The lowest BCUT2D eigenvalue weighted by atomic mass is 10.0. The quantitative estimate of drug-likeness (QED) is 0.295. The molecular weight excluding hydrogens is 532 g/mol. The van der Waals surface area contributed by atoms with Gasteiger partial charge < -0.3 is 21.1 Å². The van der Waals surface area contributed by atoms with E-state index in [1.54, 1.807) is 48.8 Å². The Hall–Kier alpha value is -4.29. The van der Waals surface area contributed by atoms with Gasteiger partial charge in [-0.15, -0.1) is 0 Å². The van der Waals surface area contributed by atoms with Crippen molar-refractivity contribution in [2.45, 2.75) is 50.3 Å². The highest BCUT2D eigenvalue weighted by Crippen LogP contribution is 2.52. The lowest BCUT2D eigenvalue weighted by molar-refractivity contribution is -0.139. The van der Waals surface area contributed by atoms with Crippen molar-refractivity contribution in [3.63, 3.8) is 0 Å². The van der Waals surface area contributed by atoms with E-state index in [-0.39, 0.29) is 31.1 Å². The van der Waals surface area contributed by atoms with Gasteiger partial charge in [0.25, 0.3) is 0 Å². The Labute approximate surface area is 234 Å². The Morgan fingerprint density at radius 3 is 2.66 bits per heavy atom. The summed E-state index contributed by atoms with van der Waals surface area (Å²) >= 11 is 0. The second-order valence-corrected chi connectivity index (χ2v) is 10.8. The number of fused-ring (bicyclic) bond motifs is 1. The van der Waals surface area contributed by atoms with E-state index in [1.165, 1.54) is 15.6 Å². The van der Waals surface area contributed by atoms with Gasteiger partial charge in [-0.05, 0) is 42.2 Å². The Kier molecular flexibility index (Phi) is 6.74. The topological polar surface area (TPSA) is 139 Å². The molecule has 10 nitrogen and oxygen atoms in total. The molecule has 1 aliphatic carbocycles. The van der Waals surface area contributed by atoms with Crippen LogP contribution in [0.3, 0.4) is 0 Å². The third-order valence-corrected chi connectivity index (χ3v) is 8.14. The predicted octanol–water partition coefficient (Wildman–Crippen LogP) is 2.57. The van der Waals surface area contributed by atoms with Gasteiger partial charge in [0, 0.05) is 22.9 Å². The first-order valence-corrected chi connectivity index (χ1v) is 13.4. The molecule has 0 spiro atoms. The zero-order chi connectivity index (χ0) is 28.9. The molecule has 1 aliphatic heterocycles. The van der Waals surface area contributed by atoms with Gasteiger partial charge in [0.15, 0.2) is 0 Å². The lowest BCUT2D eigenvalue weighted by Crippen LogP contribution is -2.50. The SMILES string of the molecule is CC1CC1(NC(=O)C1CC(F)CN1C(=O)Cn1nc(C(N)O)c2cc(-c3ccnnc3)ccc21)c1ccccc1F. The molecule has 1 saturated heterocycles. The van der Waals surface area contributed by atoms with Gasteiger partial charge >= 0.3 is 0 Å². The van der Waals surface area contributed by atoms with Crippen molar-refractivity contribution in [3.8, 4) is 11.1 Å². The summed E-state index contributed by atoms with van der Waals surface area (Å²) in [6, 6.07) is 12.3. The molecule has 5 atom stereocenters. The average Bonchev–Trinajstić information content (AvgIpc) is 3.27. The first-order valence-electron chi connectivity index (χ1n) is 13.4. The van der Waals surface area contributed by atoms with Crippen molar-refractivity contribution in [2.24, 2.45) is 11.7 Å². The van der Waals surface area contributed by atoms with Gasteiger partial charge in [-0.3, -0.25) is 14.3 Å². The van der Waals surface area contributed by atoms with Gasteiger partial charge in [0.05, 0.1) is 30.0 Å². The third kappa shape index (κ3) is 4.82. The van der Waals surface area contributed by atoms with Gasteiger partial charge in [-0.1, -0.05) is 31.2 Å². The summed E-state index contributed by atoms with van der Waals surface area (Å²) in [4.78, 5) is 28.2. The third-order valence-electron chi connectivity index (χ3n) is 8.14. The van der Waals surface area contributed by atoms with Crippen molar-refractivity contribution in [3.05, 3.63) is 78.0 Å². The monoisotopic (exact) mass is 561 g/mol. The molecule has 2 aromatic carbocycles. The second-order valence-electron chi connectivity index (χ2n) is 10.8. The maximum Gasteiger partial charge on any atom is 0.245 e. The number of alkyl halides is 1. The molecule has 1 saturated carbocycles. The Morgan fingerprint density at radius 2 is 1.98 bits per heavy atom. The van der Waals surface area contributed by atoms with Gasteiger partial charge in [-0.2, -0.15) is 15.3 Å². The molecule has 0 bridgehead atoms. The number of nitrogens with zero attached hydrogens (tertiary/aromatic N) is 5. The minimum Gasteiger partial charge on any atom is -0.373 e. The highest BCUT2D eigenvalue weighted by Gasteiger charge is 2.56. The maximum absolute atomic E-state index is 14.6. The number of hydrogen-bond donors (Lipinski definition) is 3. The summed E-state index contributed by atoms with van der Waals surface area (Å²) in [5.41, 5.74) is 7.56. The van der Waals surface area contributed by atoms with E-state index in [1.807, 2.05) is 13.0 Å². The molecule has 212 valence electrons.